The summed E-state index contributed by atoms with van der Waals surface area (Å²) in [5.41, 5.74) is 0.310. The number of carbonyl (C=O) groups excluding carboxylic acids is 1. The van der Waals surface area contributed by atoms with Crippen molar-refractivity contribution in [2.75, 3.05) is 0 Å². The van der Waals surface area contributed by atoms with E-state index in [-0.39, 0.29) is 28.9 Å². The molecule has 0 atom stereocenters. The number of hydrogen-bond acceptors (Lipinski definition) is 2. The maximum atomic E-state index is 10.0. The van der Waals surface area contributed by atoms with Gasteiger partial charge in [-0.05, 0) is 0 Å². The number of nitrogens with zero attached hydrogens (tertiary/aromatic N) is 1. The fraction of sp³-hybridized carbons (Fsp3) is 0. The van der Waals surface area contributed by atoms with Crippen LogP contribution in [0.15, 0.2) is 12.1 Å². The molecule has 0 aliphatic heterocycles. The van der Waals surface area contributed by atoms with Gasteiger partial charge in [-0.15, -0.1) is 17.7 Å². The van der Waals surface area contributed by atoms with Gasteiger partial charge in [0.2, 0.25) is 0 Å². The molecule has 0 amide bonds. The molecule has 1 aromatic heterocycles. The van der Waals surface area contributed by atoms with Gasteiger partial charge in [-0.2, -0.15) is 0 Å². The van der Waals surface area contributed by atoms with Crippen LogP contribution in [0.1, 0.15) is 5.56 Å². The largest absolute Gasteiger partial charge is 0.376 e. The van der Waals surface area contributed by atoms with Crippen molar-refractivity contribution in [1.82, 2.24) is 4.98 Å². The van der Waals surface area contributed by atoms with Gasteiger partial charge in [0.15, 0.2) is 0 Å². The molecular weight excluding hydrogens is 224 g/mol. The van der Waals surface area contributed by atoms with Gasteiger partial charge in [0, 0.05) is 18.6 Å². The summed E-state index contributed by atoms with van der Waals surface area (Å²) < 4.78 is 0. The fourth-order valence-corrected chi connectivity index (χ4v) is 0.984. The minimum absolute atomic E-state index is 0. The number of aromatic nitrogens is 1. The first-order valence-corrected chi connectivity index (χ1v) is 3.19. The first kappa shape index (κ1) is 11.0. The van der Waals surface area contributed by atoms with Gasteiger partial charge in [-0.25, -0.2) is 0 Å². The van der Waals surface area contributed by atoms with E-state index in [1.807, 2.05) is 0 Å². The first-order chi connectivity index (χ1) is 4.72. The van der Waals surface area contributed by atoms with Crippen LogP contribution in [-0.2, 0) is 23.4 Å². The summed E-state index contributed by atoms with van der Waals surface area (Å²) in [6.07, 6.45) is 1.65. The summed E-state index contributed by atoms with van der Waals surface area (Å²) in [7, 11) is 0. The molecule has 0 fully saturated rings. The molecule has 0 saturated heterocycles. The third kappa shape index (κ3) is 3.25. The summed E-state index contributed by atoms with van der Waals surface area (Å²) in [6, 6.07) is 2.78. The molecule has 0 bridgehead atoms. The molecule has 0 N–H and O–H groups in total. The molecular formula is C6H2Cl2NOV-. The van der Waals surface area contributed by atoms with Crippen LogP contribution in [0.2, 0.25) is 10.3 Å². The molecule has 0 saturated carbocycles. The third-order valence-electron chi connectivity index (χ3n) is 0.881. The van der Waals surface area contributed by atoms with Crippen LogP contribution in [0.25, 0.3) is 0 Å². The smallest absolute Gasteiger partial charge is 0.0755 e. The zero-order chi connectivity index (χ0) is 7.56. The van der Waals surface area contributed by atoms with Crippen LogP contribution in [-0.4, -0.2) is 11.3 Å². The van der Waals surface area contributed by atoms with Crippen LogP contribution in [0, 0.1) is 0 Å². The van der Waals surface area contributed by atoms with Gasteiger partial charge in [0.25, 0.3) is 0 Å². The number of hydrogen-bond donors (Lipinski definition) is 0. The SMILES string of the molecule is O=[C-]c1cc(Cl)nc(Cl)c1.[V]. The predicted octanol–water partition coefficient (Wildman–Crippen LogP) is 1.84. The second-order valence-electron chi connectivity index (χ2n) is 1.60. The normalized spacial score (nSPS) is 8.55. The van der Waals surface area contributed by atoms with Gasteiger partial charge in [0.05, 0.1) is 16.6 Å². The van der Waals surface area contributed by atoms with Crippen molar-refractivity contribution in [1.29, 1.82) is 0 Å². The second-order valence-corrected chi connectivity index (χ2v) is 2.38. The maximum absolute atomic E-state index is 10.0. The van der Waals surface area contributed by atoms with E-state index in [1.54, 1.807) is 6.29 Å². The van der Waals surface area contributed by atoms with Crippen molar-refractivity contribution < 1.29 is 23.4 Å². The van der Waals surface area contributed by atoms with Gasteiger partial charge in [-0.1, -0.05) is 23.2 Å². The average Bonchev–Trinajstić information content (AvgIpc) is 1.85. The standard InChI is InChI=1S/C6H2Cl2NO.V/c7-5-1-4(3-10)2-6(8)9-5;/h1-2H;/q-1;. The van der Waals surface area contributed by atoms with E-state index in [2.05, 4.69) is 4.98 Å². The van der Waals surface area contributed by atoms with Crippen LogP contribution >= 0.6 is 23.2 Å². The van der Waals surface area contributed by atoms with E-state index in [1.165, 1.54) is 12.1 Å². The minimum atomic E-state index is 0. The van der Waals surface area contributed by atoms with Crippen LogP contribution in [0.4, 0.5) is 0 Å². The Labute approximate surface area is 85.8 Å². The van der Waals surface area contributed by atoms with Gasteiger partial charge < -0.3 is 4.79 Å². The summed E-state index contributed by atoms with van der Waals surface area (Å²) in [4.78, 5) is 13.7. The Kier molecular flexibility index (Phi) is 4.77. The molecule has 0 aliphatic carbocycles. The molecule has 11 heavy (non-hydrogen) atoms. The van der Waals surface area contributed by atoms with E-state index in [9.17, 15) is 4.79 Å². The first-order valence-electron chi connectivity index (χ1n) is 2.43. The molecule has 57 valence electrons. The van der Waals surface area contributed by atoms with Crippen molar-refractivity contribution >= 4 is 29.5 Å². The Morgan fingerprint density at radius 3 is 2.09 bits per heavy atom. The Morgan fingerprint density at radius 1 is 1.27 bits per heavy atom. The zero-order valence-corrected chi connectivity index (χ0v) is 8.12. The van der Waals surface area contributed by atoms with Crippen LogP contribution < -0.4 is 0 Å². The Morgan fingerprint density at radius 2 is 1.73 bits per heavy atom. The van der Waals surface area contributed by atoms with Crippen molar-refractivity contribution in [2.24, 2.45) is 0 Å². The summed E-state index contributed by atoms with van der Waals surface area (Å²) in [5, 5.41) is 0.400. The van der Waals surface area contributed by atoms with Gasteiger partial charge >= 0.3 is 0 Å². The molecule has 0 unspecified atom stereocenters. The molecule has 1 radical (unpaired) electrons. The summed E-state index contributed by atoms with van der Waals surface area (Å²) >= 11 is 10.9. The zero-order valence-electron chi connectivity index (χ0n) is 5.21. The van der Waals surface area contributed by atoms with Crippen LogP contribution in [0.5, 0.6) is 0 Å². The number of pyridine rings is 1. The predicted molar refractivity (Wildman–Crippen MR) is 39.1 cm³/mol. The molecule has 1 heterocycles. The monoisotopic (exact) mass is 225 g/mol. The van der Waals surface area contributed by atoms with Crippen molar-refractivity contribution in [2.45, 2.75) is 0 Å². The van der Waals surface area contributed by atoms with E-state index in [0.29, 0.717) is 5.56 Å². The van der Waals surface area contributed by atoms with Gasteiger partial charge in [0.1, 0.15) is 0 Å². The maximum Gasteiger partial charge on any atom is 0.0755 e. The van der Waals surface area contributed by atoms with Crippen LogP contribution in [0.3, 0.4) is 0 Å². The topological polar surface area (TPSA) is 30.0 Å². The van der Waals surface area contributed by atoms with Gasteiger partial charge in [-0.3, -0.25) is 4.98 Å². The molecule has 1 aromatic rings. The Balaban J connectivity index is 0.000001000. The molecule has 0 spiro atoms. The minimum Gasteiger partial charge on any atom is -0.376 e. The molecule has 1 rings (SSSR count). The Bertz CT molecular complexity index is 247. The van der Waals surface area contributed by atoms with Crippen molar-refractivity contribution in [3.63, 3.8) is 0 Å². The van der Waals surface area contributed by atoms with E-state index in [4.69, 9.17) is 23.2 Å². The van der Waals surface area contributed by atoms with Crippen molar-refractivity contribution in [3.8, 4) is 0 Å². The van der Waals surface area contributed by atoms with E-state index < -0.39 is 0 Å². The number of halogens is 2. The number of rotatable bonds is 1. The third-order valence-corrected chi connectivity index (χ3v) is 1.27. The molecule has 2 nitrogen and oxygen atoms in total. The molecule has 5 heteroatoms. The van der Waals surface area contributed by atoms with Crippen molar-refractivity contribution in [3.05, 3.63) is 28.0 Å². The molecule has 0 aliphatic rings. The van der Waals surface area contributed by atoms with E-state index >= 15 is 0 Å². The van der Waals surface area contributed by atoms with E-state index in [0.717, 1.165) is 0 Å². The summed E-state index contributed by atoms with van der Waals surface area (Å²) in [6.45, 7) is 0. The Hall–Kier alpha value is -0.0156. The molecule has 0 aromatic carbocycles. The average molecular weight is 226 g/mol. The quantitative estimate of drug-likeness (QED) is 0.540. The second kappa shape index (κ2) is 4.78. The summed E-state index contributed by atoms with van der Waals surface area (Å²) in [5.74, 6) is 0. The fourth-order valence-electron chi connectivity index (χ4n) is 0.524.